The highest BCUT2D eigenvalue weighted by Crippen LogP contribution is 2.53. The van der Waals surface area contributed by atoms with Crippen LogP contribution in [0.4, 0.5) is 10.1 Å². The summed E-state index contributed by atoms with van der Waals surface area (Å²) >= 11 is 0. The number of carbonyl (C=O) groups is 2. The molecule has 1 aliphatic heterocycles. The van der Waals surface area contributed by atoms with Crippen molar-refractivity contribution in [3.63, 3.8) is 0 Å². The van der Waals surface area contributed by atoms with Gasteiger partial charge in [0, 0.05) is 11.0 Å². The van der Waals surface area contributed by atoms with Gasteiger partial charge < -0.3 is 30.3 Å². The van der Waals surface area contributed by atoms with E-state index in [1.165, 1.54) is 4.90 Å². The lowest BCUT2D eigenvalue weighted by molar-refractivity contribution is -0.119. The Morgan fingerprint density at radius 1 is 1.18 bits per heavy atom. The standard InChI is InChI=1S/C31H36FN5O7S/c1-18(2)43-20-5-3-19(4-6-20)15-37-24-13-21(22(32)14-25(24)45(41,42)17-23(33)28(37)40)27(39)35-31-10-7-30(8-11-31,9-12-31)29-34-26(16-38)36-44-29/h3-6,13-14,18,23,38H,7-12,15-17,33H2,1-2H3,(H,35,39)/t23-,30?,31?/m0/s1. The Kier molecular flexibility index (Phi) is 7.94. The zero-order valence-corrected chi connectivity index (χ0v) is 25.9. The molecule has 3 aliphatic carbocycles. The fraction of sp³-hybridized carbons (Fsp3) is 0.484. The average molecular weight is 642 g/mol. The second-order valence-electron chi connectivity index (χ2n) is 12.6. The van der Waals surface area contributed by atoms with Crippen LogP contribution in [0.1, 0.15) is 80.0 Å². The van der Waals surface area contributed by atoms with Crippen LogP contribution in [-0.4, -0.2) is 58.9 Å². The molecule has 2 aromatic carbocycles. The van der Waals surface area contributed by atoms with Crippen molar-refractivity contribution in [1.29, 1.82) is 0 Å². The Hall–Kier alpha value is -3.88. The van der Waals surface area contributed by atoms with Gasteiger partial charge in [-0.1, -0.05) is 17.3 Å². The van der Waals surface area contributed by atoms with Gasteiger partial charge in [-0.3, -0.25) is 9.59 Å². The van der Waals surface area contributed by atoms with Crippen molar-refractivity contribution in [2.24, 2.45) is 5.73 Å². The third-order valence-electron chi connectivity index (χ3n) is 9.23. The predicted octanol–water partition coefficient (Wildman–Crippen LogP) is 2.91. The van der Waals surface area contributed by atoms with Crippen LogP contribution in [0.5, 0.6) is 5.75 Å². The van der Waals surface area contributed by atoms with Crippen LogP contribution in [0.15, 0.2) is 45.8 Å². The van der Waals surface area contributed by atoms with E-state index in [1.54, 1.807) is 24.3 Å². The number of anilines is 1. The van der Waals surface area contributed by atoms with Crippen LogP contribution in [0.25, 0.3) is 0 Å². The first-order valence-electron chi connectivity index (χ1n) is 15.0. The lowest BCUT2D eigenvalue weighted by Gasteiger charge is -2.52. The molecule has 4 aliphatic rings. The highest BCUT2D eigenvalue weighted by molar-refractivity contribution is 7.91. The minimum atomic E-state index is -4.16. The molecule has 1 aromatic heterocycles. The molecule has 0 saturated heterocycles. The third-order valence-corrected chi connectivity index (χ3v) is 11.0. The molecule has 1 atom stereocenters. The van der Waals surface area contributed by atoms with Gasteiger partial charge in [0.2, 0.25) is 11.8 Å². The van der Waals surface area contributed by atoms with Crippen molar-refractivity contribution in [3.05, 3.63) is 65.1 Å². The van der Waals surface area contributed by atoms with E-state index in [0.717, 1.165) is 12.1 Å². The number of hydrogen-bond donors (Lipinski definition) is 3. The topological polar surface area (TPSA) is 178 Å². The summed E-state index contributed by atoms with van der Waals surface area (Å²) in [7, 11) is -4.16. The first-order chi connectivity index (χ1) is 21.3. The van der Waals surface area contributed by atoms with Gasteiger partial charge in [0.25, 0.3) is 5.91 Å². The summed E-state index contributed by atoms with van der Waals surface area (Å²) in [6.07, 6.45) is 3.71. The molecule has 0 unspecified atom stereocenters. The maximum Gasteiger partial charge on any atom is 0.254 e. The number of benzene rings is 2. The van der Waals surface area contributed by atoms with Gasteiger partial charge in [0.15, 0.2) is 15.7 Å². The Morgan fingerprint density at radius 2 is 1.84 bits per heavy atom. The van der Waals surface area contributed by atoms with Crippen molar-refractivity contribution < 1.29 is 36.8 Å². The molecule has 4 N–H and O–H groups in total. The number of nitrogens with zero attached hydrogens (tertiary/aromatic N) is 3. The number of aliphatic hydroxyl groups is 1. The SMILES string of the molecule is CC(C)Oc1ccc(CN2C(=O)[C@@H](N)CS(=O)(=O)c3cc(F)c(C(=O)NC45CCC(c6nc(CO)no6)(CC4)CC5)cc32)cc1. The largest absolute Gasteiger partial charge is 0.491 e. The van der Waals surface area contributed by atoms with Crippen LogP contribution >= 0.6 is 0 Å². The molecule has 240 valence electrons. The third kappa shape index (κ3) is 5.82. The van der Waals surface area contributed by atoms with Crippen molar-refractivity contribution in [3.8, 4) is 5.75 Å². The van der Waals surface area contributed by atoms with E-state index in [2.05, 4.69) is 15.5 Å². The number of ether oxygens (including phenoxy) is 1. The van der Waals surface area contributed by atoms with Crippen LogP contribution in [0.2, 0.25) is 0 Å². The van der Waals surface area contributed by atoms with Crippen LogP contribution in [-0.2, 0) is 33.2 Å². The number of halogens is 1. The zero-order valence-electron chi connectivity index (χ0n) is 25.1. The predicted molar refractivity (Wildman–Crippen MR) is 160 cm³/mol. The minimum absolute atomic E-state index is 0.0349. The summed E-state index contributed by atoms with van der Waals surface area (Å²) in [5, 5.41) is 16.2. The van der Waals surface area contributed by atoms with Crippen molar-refractivity contribution >= 4 is 27.3 Å². The molecular weight excluding hydrogens is 605 g/mol. The number of amides is 2. The summed E-state index contributed by atoms with van der Waals surface area (Å²) in [5.74, 6) is -1.71. The highest BCUT2D eigenvalue weighted by atomic mass is 32.2. The number of nitrogens with two attached hydrogens (primary N) is 1. The molecule has 0 spiro atoms. The van der Waals surface area contributed by atoms with Crippen LogP contribution in [0.3, 0.4) is 0 Å². The summed E-state index contributed by atoms with van der Waals surface area (Å²) in [6, 6.07) is 7.56. The molecule has 14 heteroatoms. The van der Waals surface area contributed by atoms with E-state index in [4.69, 9.17) is 15.0 Å². The minimum Gasteiger partial charge on any atom is -0.491 e. The molecule has 2 heterocycles. The molecule has 0 radical (unpaired) electrons. The number of sulfone groups is 1. The number of aliphatic hydroxyl groups excluding tert-OH is 1. The molecule has 2 bridgehead atoms. The second kappa shape index (κ2) is 11.5. The van der Waals surface area contributed by atoms with Crippen molar-refractivity contribution in [1.82, 2.24) is 15.5 Å². The van der Waals surface area contributed by atoms with E-state index < -0.39 is 49.7 Å². The number of carbonyl (C=O) groups excluding carboxylic acids is 2. The molecule has 2 amide bonds. The fourth-order valence-electron chi connectivity index (χ4n) is 6.72. The molecule has 45 heavy (non-hydrogen) atoms. The molecular formula is C31H36FN5O7S. The summed E-state index contributed by atoms with van der Waals surface area (Å²) in [6.45, 7) is 3.43. The Labute approximate surface area is 260 Å². The van der Waals surface area contributed by atoms with E-state index >= 15 is 4.39 Å². The monoisotopic (exact) mass is 641 g/mol. The molecule has 7 rings (SSSR count). The first-order valence-corrected chi connectivity index (χ1v) is 16.6. The van der Waals surface area contributed by atoms with Gasteiger partial charge in [-0.05, 0) is 82.2 Å². The Bertz CT molecular complexity index is 1720. The van der Waals surface area contributed by atoms with Gasteiger partial charge >= 0.3 is 0 Å². The molecule has 12 nitrogen and oxygen atoms in total. The van der Waals surface area contributed by atoms with Crippen LogP contribution < -0.4 is 20.7 Å². The van der Waals surface area contributed by atoms with Crippen LogP contribution in [0, 0.1) is 5.82 Å². The summed E-state index contributed by atoms with van der Waals surface area (Å²) in [5.41, 5.74) is 5.29. The summed E-state index contributed by atoms with van der Waals surface area (Å²) < 4.78 is 53.2. The maximum atomic E-state index is 15.6. The van der Waals surface area contributed by atoms with E-state index in [-0.39, 0.29) is 41.7 Å². The molecule has 3 saturated carbocycles. The quantitative estimate of drug-likeness (QED) is 0.331. The molecule has 3 aromatic rings. The second-order valence-corrected chi connectivity index (χ2v) is 14.6. The first kappa shape index (κ1) is 31.1. The van der Waals surface area contributed by atoms with E-state index in [9.17, 15) is 23.1 Å². The normalized spacial score (nSPS) is 25.6. The van der Waals surface area contributed by atoms with Gasteiger partial charge in [-0.15, -0.1) is 0 Å². The maximum absolute atomic E-state index is 15.6. The summed E-state index contributed by atoms with van der Waals surface area (Å²) in [4.78, 5) is 32.3. The van der Waals surface area contributed by atoms with Gasteiger partial charge in [-0.25, -0.2) is 12.8 Å². The highest BCUT2D eigenvalue weighted by Gasteiger charge is 2.53. The molecule has 3 fully saturated rings. The average Bonchev–Trinajstić information content (AvgIpc) is 3.49. The van der Waals surface area contributed by atoms with Gasteiger partial charge in [0.05, 0.1) is 40.6 Å². The van der Waals surface area contributed by atoms with Crippen molar-refractivity contribution in [2.45, 2.75) is 93.5 Å². The Balaban J connectivity index is 1.28. The van der Waals surface area contributed by atoms with Crippen molar-refractivity contribution in [2.75, 3.05) is 10.7 Å². The lowest BCUT2D eigenvalue weighted by atomic mass is 9.57. The van der Waals surface area contributed by atoms with E-state index in [0.29, 0.717) is 55.7 Å². The zero-order chi connectivity index (χ0) is 32.1. The number of fused-ring (bicyclic) bond motifs is 4. The number of nitrogens with one attached hydrogen (secondary N) is 1. The van der Waals surface area contributed by atoms with E-state index in [1.807, 2.05) is 13.8 Å². The Morgan fingerprint density at radius 3 is 2.44 bits per heavy atom. The number of rotatable bonds is 8. The lowest BCUT2D eigenvalue weighted by Crippen LogP contribution is -2.58. The van der Waals surface area contributed by atoms with Gasteiger partial charge in [0.1, 0.15) is 18.2 Å². The number of hydrogen-bond acceptors (Lipinski definition) is 10. The van der Waals surface area contributed by atoms with Gasteiger partial charge in [-0.2, -0.15) is 4.98 Å². The number of aromatic nitrogens is 2. The fourth-order valence-corrected chi connectivity index (χ4v) is 8.29. The smallest absolute Gasteiger partial charge is 0.254 e.